The van der Waals surface area contributed by atoms with Gasteiger partial charge in [0.2, 0.25) is 0 Å². The van der Waals surface area contributed by atoms with Crippen LogP contribution in [0.25, 0.3) is 6.08 Å². The summed E-state index contributed by atoms with van der Waals surface area (Å²) in [7, 11) is 0. The maximum Gasteiger partial charge on any atom is 0.0598 e. The summed E-state index contributed by atoms with van der Waals surface area (Å²) < 4.78 is 0. The molecule has 1 rings (SSSR count). The lowest BCUT2D eigenvalue weighted by Gasteiger charge is -2.12. The summed E-state index contributed by atoms with van der Waals surface area (Å²) in [5.41, 5.74) is 2.46. The Morgan fingerprint density at radius 3 is 2.53 bits per heavy atom. The van der Waals surface area contributed by atoms with Crippen LogP contribution in [0, 0.1) is 5.92 Å². The van der Waals surface area contributed by atoms with Crippen LogP contribution in [0.1, 0.15) is 26.3 Å². The molecule has 1 aromatic carbocycles. The quantitative estimate of drug-likeness (QED) is 0.823. The molecule has 0 aromatic heterocycles. The lowest BCUT2D eigenvalue weighted by molar-refractivity contribution is 0.682. The average molecular weight is 272 g/mol. The number of halogens is 2. The molecule has 0 amide bonds. The molecule has 1 nitrogen and oxygen atoms in total. The first-order valence-corrected chi connectivity index (χ1v) is 6.66. The fraction of sp³-hybridized carbons (Fsp3) is 0.429. The molecule has 0 heterocycles. The zero-order chi connectivity index (χ0) is 12.8. The van der Waals surface area contributed by atoms with Gasteiger partial charge < -0.3 is 5.32 Å². The Morgan fingerprint density at radius 1 is 1.29 bits per heavy atom. The number of benzene rings is 1. The van der Waals surface area contributed by atoms with Crippen molar-refractivity contribution in [1.29, 1.82) is 0 Å². The molecule has 0 radical (unpaired) electrons. The molecule has 94 valence electrons. The molecule has 3 heteroatoms. The van der Waals surface area contributed by atoms with E-state index in [0.29, 0.717) is 16.0 Å². The lowest BCUT2D eigenvalue weighted by atomic mass is 10.0. The first kappa shape index (κ1) is 14.6. The van der Waals surface area contributed by atoms with Crippen molar-refractivity contribution in [2.45, 2.75) is 20.8 Å². The molecule has 17 heavy (non-hydrogen) atoms. The Kier molecular flexibility index (Phi) is 6.04. The molecular weight excluding hydrogens is 253 g/mol. The zero-order valence-electron chi connectivity index (χ0n) is 10.6. The van der Waals surface area contributed by atoms with Gasteiger partial charge in [0, 0.05) is 6.54 Å². The second-order valence-electron chi connectivity index (χ2n) is 4.33. The van der Waals surface area contributed by atoms with Crippen LogP contribution < -0.4 is 5.32 Å². The van der Waals surface area contributed by atoms with Crippen LogP contribution in [-0.2, 0) is 0 Å². The molecule has 0 aliphatic heterocycles. The van der Waals surface area contributed by atoms with E-state index >= 15 is 0 Å². The van der Waals surface area contributed by atoms with E-state index in [1.54, 1.807) is 0 Å². The summed E-state index contributed by atoms with van der Waals surface area (Å²) in [5, 5.41) is 4.55. The molecule has 0 aliphatic carbocycles. The SMILES string of the molecule is CCNCC(=Cc1ccc(Cl)c(Cl)c1)C(C)C. The van der Waals surface area contributed by atoms with E-state index in [2.05, 4.69) is 32.2 Å². The van der Waals surface area contributed by atoms with Gasteiger partial charge in [-0.05, 0) is 30.2 Å². The Hall–Kier alpha value is -0.500. The minimum absolute atomic E-state index is 0.517. The number of hydrogen-bond donors (Lipinski definition) is 1. The van der Waals surface area contributed by atoms with Gasteiger partial charge in [-0.15, -0.1) is 0 Å². The highest BCUT2D eigenvalue weighted by Gasteiger charge is 2.04. The molecule has 0 saturated carbocycles. The van der Waals surface area contributed by atoms with Crippen molar-refractivity contribution in [1.82, 2.24) is 5.32 Å². The van der Waals surface area contributed by atoms with Crippen LogP contribution in [0.2, 0.25) is 10.0 Å². The highest BCUT2D eigenvalue weighted by Crippen LogP contribution is 2.24. The van der Waals surface area contributed by atoms with Gasteiger partial charge in [0.25, 0.3) is 0 Å². The van der Waals surface area contributed by atoms with Crippen molar-refractivity contribution in [3.63, 3.8) is 0 Å². The normalized spacial score (nSPS) is 12.2. The van der Waals surface area contributed by atoms with Gasteiger partial charge in [0.1, 0.15) is 0 Å². The topological polar surface area (TPSA) is 12.0 Å². The molecule has 0 fully saturated rings. The zero-order valence-corrected chi connectivity index (χ0v) is 12.1. The standard InChI is InChI=1S/C14H19Cl2N/c1-4-17-9-12(10(2)3)7-11-5-6-13(15)14(16)8-11/h5-8,10,17H,4,9H2,1-3H3. The fourth-order valence-electron chi connectivity index (χ4n) is 1.51. The highest BCUT2D eigenvalue weighted by atomic mass is 35.5. The summed E-state index contributed by atoms with van der Waals surface area (Å²) in [6, 6.07) is 5.72. The number of nitrogens with one attached hydrogen (secondary N) is 1. The second kappa shape index (κ2) is 7.05. The largest absolute Gasteiger partial charge is 0.313 e. The van der Waals surface area contributed by atoms with Gasteiger partial charge in [-0.2, -0.15) is 0 Å². The summed E-state index contributed by atoms with van der Waals surface area (Å²) >= 11 is 11.9. The van der Waals surface area contributed by atoms with Gasteiger partial charge in [0.15, 0.2) is 0 Å². The number of hydrogen-bond acceptors (Lipinski definition) is 1. The Morgan fingerprint density at radius 2 is 2.00 bits per heavy atom. The van der Waals surface area contributed by atoms with E-state index in [9.17, 15) is 0 Å². The highest BCUT2D eigenvalue weighted by molar-refractivity contribution is 6.42. The smallest absolute Gasteiger partial charge is 0.0598 e. The van der Waals surface area contributed by atoms with Crippen molar-refractivity contribution < 1.29 is 0 Å². The predicted molar refractivity (Wildman–Crippen MR) is 77.8 cm³/mol. The summed E-state index contributed by atoms with van der Waals surface area (Å²) in [4.78, 5) is 0. The monoisotopic (exact) mass is 271 g/mol. The molecule has 1 aromatic rings. The molecular formula is C14H19Cl2N. The molecule has 1 N–H and O–H groups in total. The van der Waals surface area contributed by atoms with Crippen LogP contribution in [0.4, 0.5) is 0 Å². The van der Waals surface area contributed by atoms with Crippen molar-refractivity contribution in [3.8, 4) is 0 Å². The van der Waals surface area contributed by atoms with E-state index in [-0.39, 0.29) is 0 Å². The Bertz CT molecular complexity index is 397. The van der Waals surface area contributed by atoms with E-state index in [1.165, 1.54) is 5.57 Å². The Labute approximate surface area is 114 Å². The summed E-state index contributed by atoms with van der Waals surface area (Å²) in [6.45, 7) is 8.39. The number of rotatable bonds is 5. The third-order valence-electron chi connectivity index (χ3n) is 2.62. The molecule has 0 spiro atoms. The first-order chi connectivity index (χ1) is 8.04. The third kappa shape index (κ3) is 4.71. The number of likely N-dealkylation sites (N-methyl/N-ethyl adjacent to an activating group) is 1. The fourth-order valence-corrected chi connectivity index (χ4v) is 1.81. The molecule has 0 bridgehead atoms. The van der Waals surface area contributed by atoms with Crippen molar-refractivity contribution in [2.75, 3.05) is 13.1 Å². The van der Waals surface area contributed by atoms with Crippen molar-refractivity contribution >= 4 is 29.3 Å². The first-order valence-electron chi connectivity index (χ1n) is 5.90. The molecule has 0 unspecified atom stereocenters. The minimum atomic E-state index is 0.517. The summed E-state index contributed by atoms with van der Waals surface area (Å²) in [5.74, 6) is 0.517. The van der Waals surface area contributed by atoms with Crippen LogP contribution in [0.3, 0.4) is 0 Å². The Balaban J connectivity index is 2.91. The lowest BCUT2D eigenvalue weighted by Crippen LogP contribution is -2.18. The van der Waals surface area contributed by atoms with E-state index in [0.717, 1.165) is 18.7 Å². The summed E-state index contributed by atoms with van der Waals surface area (Å²) in [6.07, 6.45) is 2.18. The van der Waals surface area contributed by atoms with Gasteiger partial charge in [-0.3, -0.25) is 0 Å². The van der Waals surface area contributed by atoms with Gasteiger partial charge >= 0.3 is 0 Å². The van der Waals surface area contributed by atoms with E-state index in [4.69, 9.17) is 23.2 Å². The van der Waals surface area contributed by atoms with Crippen LogP contribution >= 0.6 is 23.2 Å². The maximum atomic E-state index is 6.00. The van der Waals surface area contributed by atoms with Crippen LogP contribution in [0.15, 0.2) is 23.8 Å². The van der Waals surface area contributed by atoms with Gasteiger partial charge in [-0.1, -0.05) is 61.7 Å². The van der Waals surface area contributed by atoms with E-state index in [1.807, 2.05) is 18.2 Å². The van der Waals surface area contributed by atoms with Crippen molar-refractivity contribution in [2.24, 2.45) is 5.92 Å². The molecule has 0 saturated heterocycles. The van der Waals surface area contributed by atoms with Crippen LogP contribution in [0.5, 0.6) is 0 Å². The predicted octanol–water partition coefficient (Wildman–Crippen LogP) is 4.64. The minimum Gasteiger partial charge on any atom is -0.313 e. The van der Waals surface area contributed by atoms with Gasteiger partial charge in [-0.25, -0.2) is 0 Å². The average Bonchev–Trinajstić information content (AvgIpc) is 2.28. The van der Waals surface area contributed by atoms with E-state index < -0.39 is 0 Å². The molecule has 0 atom stereocenters. The maximum absolute atomic E-state index is 6.00. The van der Waals surface area contributed by atoms with Crippen LogP contribution in [-0.4, -0.2) is 13.1 Å². The third-order valence-corrected chi connectivity index (χ3v) is 3.36. The second-order valence-corrected chi connectivity index (χ2v) is 5.14. The van der Waals surface area contributed by atoms with Crippen molar-refractivity contribution in [3.05, 3.63) is 39.4 Å². The van der Waals surface area contributed by atoms with Gasteiger partial charge in [0.05, 0.1) is 10.0 Å². The molecule has 0 aliphatic rings.